The Bertz CT molecular complexity index is 196. The van der Waals surface area contributed by atoms with Gasteiger partial charge in [-0.3, -0.25) is 9.11 Å². The Labute approximate surface area is 79.1 Å². The highest BCUT2D eigenvalue weighted by molar-refractivity contribution is 7.77. The summed E-state index contributed by atoms with van der Waals surface area (Å²) in [5.74, 6) is 0. The van der Waals surface area contributed by atoms with E-state index in [0.717, 1.165) is 0 Å². The van der Waals surface area contributed by atoms with Gasteiger partial charge in [0.25, 0.3) is 0 Å². The molecule has 0 aliphatic heterocycles. The predicted molar refractivity (Wildman–Crippen MR) is 46.9 cm³/mol. The van der Waals surface area contributed by atoms with E-state index in [2.05, 4.69) is 0 Å². The molecule has 0 saturated carbocycles. The van der Waals surface area contributed by atoms with Crippen LogP contribution >= 0.6 is 0 Å². The number of nitrogens with two attached hydrogens (primary N) is 2. The minimum Gasteiger partial charge on any atom is -0.755 e. The molecule has 8 heteroatoms. The third-order valence-corrected chi connectivity index (χ3v) is 2.20. The van der Waals surface area contributed by atoms with Crippen LogP contribution in [-0.2, 0) is 11.3 Å². The largest absolute Gasteiger partial charge is 0.755 e. The van der Waals surface area contributed by atoms with E-state index in [1.165, 1.54) is 4.90 Å². The van der Waals surface area contributed by atoms with Crippen LogP contribution in [0.2, 0.25) is 0 Å². The Kier molecular flexibility index (Phi) is 4.85. The fourth-order valence-corrected chi connectivity index (χ4v) is 1.46. The van der Waals surface area contributed by atoms with Crippen molar-refractivity contribution in [2.75, 3.05) is 20.6 Å². The van der Waals surface area contributed by atoms with E-state index in [4.69, 9.17) is 11.5 Å². The van der Waals surface area contributed by atoms with Crippen molar-refractivity contribution in [2.24, 2.45) is 11.5 Å². The third-order valence-electron chi connectivity index (χ3n) is 1.46. The molecule has 0 spiro atoms. The lowest BCUT2D eigenvalue weighted by atomic mass is 10.4. The third kappa shape index (κ3) is 3.27. The smallest absolute Gasteiger partial charge is 0.327 e. The first-order valence-corrected chi connectivity index (χ1v) is 4.49. The van der Waals surface area contributed by atoms with Gasteiger partial charge < -0.3 is 16.0 Å². The van der Waals surface area contributed by atoms with Gasteiger partial charge in [0.05, 0.1) is 11.3 Å². The van der Waals surface area contributed by atoms with Gasteiger partial charge in [0, 0.05) is 6.54 Å². The van der Waals surface area contributed by atoms with Crippen LogP contribution in [0.5, 0.6) is 0 Å². The Balaban J connectivity index is 4.69. The maximum atomic E-state index is 10.7. The Morgan fingerprint density at radius 2 is 2.08 bits per heavy atom. The second kappa shape index (κ2) is 5.12. The second-order valence-corrected chi connectivity index (χ2v) is 3.39. The van der Waals surface area contributed by atoms with Crippen molar-refractivity contribution in [3.63, 3.8) is 0 Å². The molecule has 0 fully saturated rings. The van der Waals surface area contributed by atoms with Crippen LogP contribution in [0.15, 0.2) is 0 Å². The molecule has 0 saturated heterocycles. The standard InChI is InChI=1S/C5H14N4O3S/c1-8(2)4(3-6)9(5(7)10)13(11)12/h4H,3,6H2,1-2H3,(H2,7,10)(H,11,12)/p-1. The molecule has 0 aromatic heterocycles. The molecular formula is C5H13N4O3S-. The maximum absolute atomic E-state index is 10.7. The van der Waals surface area contributed by atoms with Gasteiger partial charge in [0.2, 0.25) is 0 Å². The zero-order valence-corrected chi connectivity index (χ0v) is 8.28. The van der Waals surface area contributed by atoms with Crippen LogP contribution in [0, 0.1) is 0 Å². The molecule has 13 heavy (non-hydrogen) atoms. The predicted octanol–water partition coefficient (Wildman–Crippen LogP) is -1.99. The molecule has 0 aliphatic carbocycles. The van der Waals surface area contributed by atoms with E-state index in [0.29, 0.717) is 4.31 Å². The molecule has 0 heterocycles. The number of hydrogen-bond acceptors (Lipinski definition) is 5. The van der Waals surface area contributed by atoms with Gasteiger partial charge in [-0.1, -0.05) is 0 Å². The second-order valence-electron chi connectivity index (χ2n) is 2.56. The number of primary amides is 1. The minimum atomic E-state index is -2.70. The Morgan fingerprint density at radius 1 is 1.62 bits per heavy atom. The molecule has 7 nitrogen and oxygen atoms in total. The highest BCUT2D eigenvalue weighted by Crippen LogP contribution is 2.02. The van der Waals surface area contributed by atoms with E-state index in [9.17, 15) is 13.6 Å². The van der Waals surface area contributed by atoms with Gasteiger partial charge in [-0.15, -0.1) is 0 Å². The summed E-state index contributed by atoms with van der Waals surface area (Å²) in [4.78, 5) is 12.2. The zero-order chi connectivity index (χ0) is 10.6. The molecule has 0 aromatic rings. The van der Waals surface area contributed by atoms with Gasteiger partial charge in [-0.05, 0) is 14.1 Å². The minimum absolute atomic E-state index is 0.01000. The number of hydrogen-bond donors (Lipinski definition) is 2. The van der Waals surface area contributed by atoms with E-state index >= 15 is 0 Å². The van der Waals surface area contributed by atoms with Crippen LogP contribution in [0.25, 0.3) is 0 Å². The van der Waals surface area contributed by atoms with Crippen molar-refractivity contribution in [3.8, 4) is 0 Å². The normalized spacial score (nSPS) is 15.5. The van der Waals surface area contributed by atoms with Gasteiger partial charge in [0.1, 0.15) is 6.17 Å². The first kappa shape index (κ1) is 12.3. The lowest BCUT2D eigenvalue weighted by Crippen LogP contribution is -2.54. The number of rotatable bonds is 4. The SMILES string of the molecule is CN(C)C(CN)N(C(N)=O)S(=O)[O-]. The lowest BCUT2D eigenvalue weighted by Gasteiger charge is -2.34. The molecule has 0 radical (unpaired) electrons. The van der Waals surface area contributed by atoms with Crippen LogP contribution in [0.4, 0.5) is 4.79 Å². The van der Waals surface area contributed by atoms with Crippen molar-refractivity contribution >= 4 is 17.3 Å². The number of carbonyl (C=O) groups is 1. The van der Waals surface area contributed by atoms with Crippen molar-refractivity contribution < 1.29 is 13.6 Å². The van der Waals surface area contributed by atoms with Crippen LogP contribution in [-0.4, -0.2) is 50.8 Å². The van der Waals surface area contributed by atoms with Crippen molar-refractivity contribution in [1.82, 2.24) is 9.21 Å². The van der Waals surface area contributed by atoms with E-state index < -0.39 is 23.5 Å². The molecule has 4 N–H and O–H groups in total. The molecule has 2 amide bonds. The van der Waals surface area contributed by atoms with Crippen molar-refractivity contribution in [2.45, 2.75) is 6.17 Å². The van der Waals surface area contributed by atoms with Gasteiger partial charge >= 0.3 is 6.03 Å². The van der Waals surface area contributed by atoms with Crippen molar-refractivity contribution in [1.29, 1.82) is 0 Å². The molecule has 0 rings (SSSR count). The van der Waals surface area contributed by atoms with Gasteiger partial charge in [-0.2, -0.15) is 0 Å². The molecule has 0 aromatic carbocycles. The topological polar surface area (TPSA) is 116 Å². The highest BCUT2D eigenvalue weighted by Gasteiger charge is 2.23. The van der Waals surface area contributed by atoms with Gasteiger partial charge in [-0.25, -0.2) is 9.10 Å². The summed E-state index contributed by atoms with van der Waals surface area (Å²) in [5.41, 5.74) is 10.1. The summed E-state index contributed by atoms with van der Waals surface area (Å²) < 4.78 is 21.7. The number of amides is 2. The highest BCUT2D eigenvalue weighted by atomic mass is 32.2. The van der Waals surface area contributed by atoms with Gasteiger partial charge in [0.15, 0.2) is 0 Å². The monoisotopic (exact) mass is 209 g/mol. The first-order chi connectivity index (χ1) is 5.91. The molecule has 0 aliphatic rings. The van der Waals surface area contributed by atoms with Crippen LogP contribution in [0.3, 0.4) is 0 Å². The fraction of sp³-hybridized carbons (Fsp3) is 0.800. The van der Waals surface area contributed by atoms with Crippen molar-refractivity contribution in [3.05, 3.63) is 0 Å². The molecule has 2 unspecified atom stereocenters. The Hall–Kier alpha value is -0.700. The van der Waals surface area contributed by atoms with E-state index in [-0.39, 0.29) is 6.54 Å². The average molecular weight is 209 g/mol. The summed E-state index contributed by atoms with van der Waals surface area (Å²) in [6.07, 6.45) is -0.740. The number of likely N-dealkylation sites (N-methyl/N-ethyl adjacent to an activating group) is 1. The summed E-state index contributed by atoms with van der Waals surface area (Å²) in [7, 11) is 3.20. The number of urea groups is 1. The average Bonchev–Trinajstić information content (AvgIpc) is 1.97. The molecular weight excluding hydrogens is 196 g/mol. The summed E-state index contributed by atoms with van der Waals surface area (Å²) in [5, 5.41) is 0. The molecule has 0 bridgehead atoms. The Morgan fingerprint density at radius 3 is 2.15 bits per heavy atom. The molecule has 2 atom stereocenters. The van der Waals surface area contributed by atoms with E-state index in [1.807, 2.05) is 0 Å². The van der Waals surface area contributed by atoms with E-state index in [1.54, 1.807) is 14.1 Å². The first-order valence-electron chi connectivity index (χ1n) is 3.46. The van der Waals surface area contributed by atoms with Crippen LogP contribution < -0.4 is 11.5 Å². The maximum Gasteiger partial charge on any atom is 0.327 e. The molecule has 78 valence electrons. The number of carbonyl (C=O) groups excluding carboxylic acids is 1. The quantitative estimate of drug-likeness (QED) is 0.410. The summed E-state index contributed by atoms with van der Waals surface area (Å²) in [6, 6.07) is -1.04. The zero-order valence-electron chi connectivity index (χ0n) is 7.47. The number of nitrogens with zero attached hydrogens (tertiary/aromatic N) is 2. The summed E-state index contributed by atoms with van der Waals surface area (Å²) >= 11 is -2.70. The fourth-order valence-electron chi connectivity index (χ4n) is 0.836. The van der Waals surface area contributed by atoms with Crippen LogP contribution in [0.1, 0.15) is 0 Å². The lowest BCUT2D eigenvalue weighted by molar-refractivity contribution is 0.163. The summed E-state index contributed by atoms with van der Waals surface area (Å²) in [6.45, 7) is -0.01000.